The Morgan fingerprint density at radius 3 is 2.07 bits per heavy atom. The molecule has 0 radical (unpaired) electrons. The molecular weight excluding hydrogens is 184 g/mol. The number of aliphatic hydroxyl groups is 1. The summed E-state index contributed by atoms with van der Waals surface area (Å²) in [4.78, 5) is 0. The van der Waals surface area contributed by atoms with Gasteiger partial charge < -0.3 is 5.11 Å². The minimum absolute atomic E-state index is 0.0812. The standard InChI is InChI=1S/C14H26O/c1-11(15)12-5-7-13(8-6-12)14(2)9-3-4-10-14/h11-13,15H,3-10H2,1-2H3. The molecule has 1 unspecified atom stereocenters. The van der Waals surface area contributed by atoms with Crippen LogP contribution in [0.15, 0.2) is 0 Å². The predicted octanol–water partition coefficient (Wildman–Crippen LogP) is 3.75. The molecule has 15 heavy (non-hydrogen) atoms. The second-order valence-corrected chi connectivity index (χ2v) is 6.21. The third-order valence-corrected chi connectivity index (χ3v) is 5.19. The first-order chi connectivity index (χ1) is 7.12. The van der Waals surface area contributed by atoms with Crippen LogP contribution in [0.4, 0.5) is 0 Å². The maximum absolute atomic E-state index is 9.59. The maximum atomic E-state index is 9.59. The summed E-state index contributed by atoms with van der Waals surface area (Å²) in [5.74, 6) is 1.54. The van der Waals surface area contributed by atoms with Crippen molar-refractivity contribution in [3.05, 3.63) is 0 Å². The van der Waals surface area contributed by atoms with Crippen molar-refractivity contribution >= 4 is 0 Å². The molecule has 0 amide bonds. The van der Waals surface area contributed by atoms with E-state index >= 15 is 0 Å². The topological polar surface area (TPSA) is 20.2 Å². The molecule has 0 spiro atoms. The molecule has 0 aromatic carbocycles. The van der Waals surface area contributed by atoms with Crippen molar-refractivity contribution < 1.29 is 5.11 Å². The predicted molar refractivity (Wildman–Crippen MR) is 63.7 cm³/mol. The highest BCUT2D eigenvalue weighted by Gasteiger charge is 2.39. The lowest BCUT2D eigenvalue weighted by Crippen LogP contribution is -2.31. The van der Waals surface area contributed by atoms with Crippen LogP contribution in [0, 0.1) is 17.3 Å². The van der Waals surface area contributed by atoms with E-state index in [0.29, 0.717) is 11.3 Å². The van der Waals surface area contributed by atoms with Crippen LogP contribution in [0.25, 0.3) is 0 Å². The van der Waals surface area contributed by atoms with E-state index in [0.717, 1.165) is 5.92 Å². The third-order valence-electron chi connectivity index (χ3n) is 5.19. The molecule has 2 fully saturated rings. The lowest BCUT2D eigenvalue weighted by molar-refractivity contribution is 0.0557. The molecule has 1 N–H and O–H groups in total. The first kappa shape index (κ1) is 11.4. The van der Waals surface area contributed by atoms with Crippen LogP contribution in [0.3, 0.4) is 0 Å². The Balaban J connectivity index is 1.87. The number of hydrogen-bond donors (Lipinski definition) is 1. The van der Waals surface area contributed by atoms with Gasteiger partial charge in [0.1, 0.15) is 0 Å². The quantitative estimate of drug-likeness (QED) is 0.736. The molecule has 88 valence electrons. The average molecular weight is 210 g/mol. The minimum Gasteiger partial charge on any atom is -0.393 e. The normalized spacial score (nSPS) is 37.8. The molecular formula is C14H26O. The molecule has 0 bridgehead atoms. The molecule has 0 aromatic rings. The Morgan fingerprint density at radius 1 is 1.07 bits per heavy atom. The average Bonchev–Trinajstić information content (AvgIpc) is 2.67. The van der Waals surface area contributed by atoms with Crippen molar-refractivity contribution in [2.75, 3.05) is 0 Å². The molecule has 1 heteroatoms. The van der Waals surface area contributed by atoms with Gasteiger partial charge in [-0.2, -0.15) is 0 Å². The highest BCUT2D eigenvalue weighted by molar-refractivity contribution is 4.90. The number of aliphatic hydroxyl groups excluding tert-OH is 1. The SMILES string of the molecule is CC(O)C1CCC(C2(C)CCCC2)CC1. The Bertz CT molecular complexity index is 195. The molecule has 2 aliphatic carbocycles. The fraction of sp³-hybridized carbons (Fsp3) is 1.00. The Morgan fingerprint density at radius 2 is 1.60 bits per heavy atom. The third kappa shape index (κ3) is 2.38. The smallest absolute Gasteiger partial charge is 0.0540 e. The Kier molecular flexibility index (Phi) is 3.39. The van der Waals surface area contributed by atoms with Gasteiger partial charge in [-0.3, -0.25) is 0 Å². The van der Waals surface area contributed by atoms with Gasteiger partial charge in [-0.1, -0.05) is 19.8 Å². The van der Waals surface area contributed by atoms with Crippen LogP contribution in [-0.2, 0) is 0 Å². The first-order valence-electron chi connectivity index (χ1n) is 6.80. The fourth-order valence-corrected chi connectivity index (χ4v) is 3.89. The van der Waals surface area contributed by atoms with Crippen LogP contribution >= 0.6 is 0 Å². The summed E-state index contributed by atoms with van der Waals surface area (Å²) in [5.41, 5.74) is 0.656. The van der Waals surface area contributed by atoms with Gasteiger partial charge in [0.15, 0.2) is 0 Å². The van der Waals surface area contributed by atoms with E-state index in [4.69, 9.17) is 0 Å². The van der Waals surface area contributed by atoms with Gasteiger partial charge in [0.05, 0.1) is 6.10 Å². The number of hydrogen-bond acceptors (Lipinski definition) is 1. The van der Waals surface area contributed by atoms with Crippen LogP contribution in [0.5, 0.6) is 0 Å². The van der Waals surface area contributed by atoms with Gasteiger partial charge in [0.25, 0.3) is 0 Å². The zero-order valence-corrected chi connectivity index (χ0v) is 10.3. The summed E-state index contributed by atoms with van der Waals surface area (Å²) < 4.78 is 0. The van der Waals surface area contributed by atoms with Gasteiger partial charge in [0.2, 0.25) is 0 Å². The van der Waals surface area contributed by atoms with Crippen LogP contribution < -0.4 is 0 Å². The number of rotatable bonds is 2. The maximum Gasteiger partial charge on any atom is 0.0540 e. The van der Waals surface area contributed by atoms with E-state index in [1.807, 2.05) is 6.92 Å². The van der Waals surface area contributed by atoms with E-state index in [2.05, 4.69) is 6.92 Å². The van der Waals surface area contributed by atoms with Gasteiger partial charge in [-0.05, 0) is 62.7 Å². The van der Waals surface area contributed by atoms with Crippen LogP contribution in [0.1, 0.15) is 65.2 Å². The first-order valence-corrected chi connectivity index (χ1v) is 6.80. The lowest BCUT2D eigenvalue weighted by atomic mass is 9.66. The van der Waals surface area contributed by atoms with Gasteiger partial charge >= 0.3 is 0 Å². The molecule has 2 saturated carbocycles. The van der Waals surface area contributed by atoms with Crippen molar-refractivity contribution in [3.8, 4) is 0 Å². The molecule has 2 aliphatic rings. The second kappa shape index (κ2) is 4.45. The molecule has 1 nitrogen and oxygen atoms in total. The Labute approximate surface area is 94.3 Å². The lowest BCUT2D eigenvalue weighted by Gasteiger charge is -2.40. The van der Waals surface area contributed by atoms with Crippen molar-refractivity contribution in [1.82, 2.24) is 0 Å². The van der Waals surface area contributed by atoms with E-state index < -0.39 is 0 Å². The molecule has 0 aromatic heterocycles. The van der Waals surface area contributed by atoms with Crippen molar-refractivity contribution in [2.24, 2.45) is 17.3 Å². The van der Waals surface area contributed by atoms with Gasteiger partial charge in [0, 0.05) is 0 Å². The fourth-order valence-electron chi connectivity index (χ4n) is 3.89. The van der Waals surface area contributed by atoms with E-state index in [1.165, 1.54) is 51.4 Å². The van der Waals surface area contributed by atoms with Crippen molar-refractivity contribution in [1.29, 1.82) is 0 Å². The van der Waals surface area contributed by atoms with Crippen LogP contribution in [0.2, 0.25) is 0 Å². The molecule has 0 aliphatic heterocycles. The summed E-state index contributed by atoms with van der Waals surface area (Å²) in [6.07, 6.45) is 11.0. The summed E-state index contributed by atoms with van der Waals surface area (Å²) in [7, 11) is 0. The van der Waals surface area contributed by atoms with Crippen molar-refractivity contribution in [2.45, 2.75) is 71.3 Å². The largest absolute Gasteiger partial charge is 0.393 e. The summed E-state index contributed by atoms with van der Waals surface area (Å²) in [6, 6.07) is 0. The summed E-state index contributed by atoms with van der Waals surface area (Å²) >= 11 is 0. The van der Waals surface area contributed by atoms with Gasteiger partial charge in [-0.25, -0.2) is 0 Å². The zero-order chi connectivity index (χ0) is 10.9. The van der Waals surface area contributed by atoms with Crippen molar-refractivity contribution in [3.63, 3.8) is 0 Å². The van der Waals surface area contributed by atoms with E-state index in [1.54, 1.807) is 0 Å². The molecule has 0 heterocycles. The van der Waals surface area contributed by atoms with E-state index in [9.17, 15) is 5.11 Å². The zero-order valence-electron chi connectivity index (χ0n) is 10.3. The summed E-state index contributed by atoms with van der Waals surface area (Å²) in [5, 5.41) is 9.59. The second-order valence-electron chi connectivity index (χ2n) is 6.21. The Hall–Kier alpha value is -0.0400. The minimum atomic E-state index is -0.0812. The van der Waals surface area contributed by atoms with Crippen LogP contribution in [-0.4, -0.2) is 11.2 Å². The molecule has 0 saturated heterocycles. The van der Waals surface area contributed by atoms with E-state index in [-0.39, 0.29) is 6.10 Å². The molecule has 2 rings (SSSR count). The monoisotopic (exact) mass is 210 g/mol. The highest BCUT2D eigenvalue weighted by Crippen LogP contribution is 2.50. The summed E-state index contributed by atoms with van der Waals surface area (Å²) in [6.45, 7) is 4.47. The highest BCUT2D eigenvalue weighted by atomic mass is 16.3. The molecule has 1 atom stereocenters. The van der Waals surface area contributed by atoms with Gasteiger partial charge in [-0.15, -0.1) is 0 Å².